The molecular weight excluding hydrogens is 482 g/mol. The minimum Gasteiger partial charge on any atom is -0.494 e. The number of carbonyl (C=O) groups is 1. The summed E-state index contributed by atoms with van der Waals surface area (Å²) in [6, 6.07) is 8.21. The summed E-state index contributed by atoms with van der Waals surface area (Å²) < 4.78 is 41.4. The van der Waals surface area contributed by atoms with E-state index in [9.17, 15) is 13.6 Å². The van der Waals surface area contributed by atoms with Crippen LogP contribution in [0.25, 0.3) is 10.9 Å². The van der Waals surface area contributed by atoms with E-state index in [4.69, 9.17) is 9.47 Å². The van der Waals surface area contributed by atoms with Crippen molar-refractivity contribution >= 4 is 22.8 Å². The Morgan fingerprint density at radius 2 is 1.97 bits per heavy atom. The van der Waals surface area contributed by atoms with Gasteiger partial charge in [0.1, 0.15) is 5.82 Å². The van der Waals surface area contributed by atoms with Gasteiger partial charge in [-0.15, -0.1) is 0 Å². The van der Waals surface area contributed by atoms with Crippen molar-refractivity contribution < 1.29 is 23.0 Å². The number of amides is 1. The number of rotatable bonds is 7. The van der Waals surface area contributed by atoms with Gasteiger partial charge in [-0.1, -0.05) is 6.07 Å². The van der Waals surface area contributed by atoms with E-state index in [1.807, 2.05) is 0 Å². The second-order valence-corrected chi connectivity index (χ2v) is 8.80. The molecule has 0 saturated carbocycles. The number of ether oxygens (including phenoxy) is 2. The molecule has 1 aliphatic rings. The summed E-state index contributed by atoms with van der Waals surface area (Å²) in [5.74, 6) is -1.30. The zero-order chi connectivity index (χ0) is 25.9. The molecule has 0 unspecified atom stereocenters. The smallest absolute Gasteiger partial charge is 0.252 e. The zero-order valence-electron chi connectivity index (χ0n) is 20.4. The van der Waals surface area contributed by atoms with Gasteiger partial charge in [0.15, 0.2) is 11.6 Å². The lowest BCUT2D eigenvalue weighted by Crippen LogP contribution is -2.31. The standard InChI is InChI=1S/C26H26F2N6O3/c1-34-22(5-8-30-34)24(15-3-4-23(36-2)20(28)11-15)33-25(35)16-12-19(27)18-14-29-26(32-21(18)13-16)31-17-6-9-37-10-7-17/h3-5,8,11-14,17,24H,6-7,9-10H2,1-2H3,(H,33,35)(H,29,31,32)/t24-/m0/s1. The van der Waals surface area contributed by atoms with Crippen LogP contribution in [0.5, 0.6) is 5.75 Å². The van der Waals surface area contributed by atoms with E-state index in [2.05, 4.69) is 25.7 Å². The molecule has 11 heteroatoms. The van der Waals surface area contributed by atoms with Crippen LogP contribution in [0.2, 0.25) is 0 Å². The highest BCUT2D eigenvalue weighted by Gasteiger charge is 2.23. The van der Waals surface area contributed by atoms with Crippen molar-refractivity contribution in [3.63, 3.8) is 0 Å². The van der Waals surface area contributed by atoms with E-state index in [1.54, 1.807) is 30.1 Å². The minimum absolute atomic E-state index is 0.0712. The summed E-state index contributed by atoms with van der Waals surface area (Å²) in [5, 5.41) is 10.5. The van der Waals surface area contributed by atoms with Gasteiger partial charge in [-0.05, 0) is 48.7 Å². The van der Waals surface area contributed by atoms with Crippen LogP contribution in [0, 0.1) is 11.6 Å². The van der Waals surface area contributed by atoms with Crippen molar-refractivity contribution in [2.45, 2.75) is 24.9 Å². The van der Waals surface area contributed by atoms with E-state index in [0.29, 0.717) is 35.9 Å². The van der Waals surface area contributed by atoms with E-state index in [1.165, 1.54) is 31.5 Å². The van der Waals surface area contributed by atoms with E-state index in [0.717, 1.165) is 18.9 Å². The molecule has 9 nitrogen and oxygen atoms in total. The van der Waals surface area contributed by atoms with Crippen molar-refractivity contribution in [2.75, 3.05) is 25.6 Å². The number of halogens is 2. The molecule has 4 aromatic rings. The molecule has 1 saturated heterocycles. The summed E-state index contributed by atoms with van der Waals surface area (Å²) >= 11 is 0. The second kappa shape index (κ2) is 10.5. The van der Waals surface area contributed by atoms with Crippen LogP contribution >= 0.6 is 0 Å². The van der Waals surface area contributed by atoms with Crippen LogP contribution in [0.4, 0.5) is 14.7 Å². The van der Waals surface area contributed by atoms with Gasteiger partial charge in [0, 0.05) is 44.3 Å². The third-order valence-electron chi connectivity index (χ3n) is 6.41. The average Bonchev–Trinajstić information content (AvgIpc) is 3.32. The fourth-order valence-electron chi connectivity index (χ4n) is 4.39. The number of hydrogen-bond acceptors (Lipinski definition) is 7. The molecule has 2 N–H and O–H groups in total. The molecule has 1 fully saturated rings. The first-order chi connectivity index (χ1) is 17.9. The molecule has 1 atom stereocenters. The summed E-state index contributed by atoms with van der Waals surface area (Å²) in [4.78, 5) is 22.0. The van der Waals surface area contributed by atoms with Crippen LogP contribution in [0.3, 0.4) is 0 Å². The summed E-state index contributed by atoms with van der Waals surface area (Å²) in [5.41, 5.74) is 1.45. The average molecular weight is 509 g/mol. The van der Waals surface area contributed by atoms with Crippen LogP contribution in [0.15, 0.2) is 48.8 Å². The first kappa shape index (κ1) is 24.6. The highest BCUT2D eigenvalue weighted by atomic mass is 19.1. The van der Waals surface area contributed by atoms with Gasteiger partial charge in [0.2, 0.25) is 5.95 Å². The van der Waals surface area contributed by atoms with Gasteiger partial charge < -0.3 is 20.1 Å². The van der Waals surface area contributed by atoms with Gasteiger partial charge in [0.25, 0.3) is 5.91 Å². The molecule has 1 aliphatic heterocycles. The van der Waals surface area contributed by atoms with Crippen LogP contribution in [0.1, 0.15) is 40.5 Å². The summed E-state index contributed by atoms with van der Waals surface area (Å²) in [6.07, 6.45) is 4.62. The number of nitrogens with zero attached hydrogens (tertiary/aromatic N) is 4. The Balaban J connectivity index is 1.45. The monoisotopic (exact) mass is 508 g/mol. The largest absolute Gasteiger partial charge is 0.494 e. The van der Waals surface area contributed by atoms with Crippen LogP contribution in [-0.2, 0) is 11.8 Å². The van der Waals surface area contributed by atoms with Gasteiger partial charge >= 0.3 is 0 Å². The second-order valence-electron chi connectivity index (χ2n) is 8.80. The molecule has 192 valence electrons. The quantitative estimate of drug-likeness (QED) is 0.392. The Bertz CT molecular complexity index is 1440. The van der Waals surface area contributed by atoms with Gasteiger partial charge in [-0.3, -0.25) is 9.48 Å². The van der Waals surface area contributed by atoms with Gasteiger partial charge in [-0.2, -0.15) is 5.10 Å². The highest BCUT2D eigenvalue weighted by Crippen LogP contribution is 2.27. The molecule has 37 heavy (non-hydrogen) atoms. The first-order valence-corrected chi connectivity index (χ1v) is 11.9. The normalized spacial score (nSPS) is 14.9. The molecule has 0 bridgehead atoms. The van der Waals surface area contributed by atoms with Crippen molar-refractivity contribution in [3.8, 4) is 5.75 Å². The lowest BCUT2D eigenvalue weighted by molar-refractivity contribution is 0.0903. The molecule has 2 aromatic carbocycles. The third-order valence-corrected chi connectivity index (χ3v) is 6.41. The lowest BCUT2D eigenvalue weighted by Gasteiger charge is -2.23. The number of methoxy groups -OCH3 is 1. The molecule has 2 aromatic heterocycles. The Morgan fingerprint density at radius 3 is 2.68 bits per heavy atom. The molecular formula is C26H26F2N6O3. The minimum atomic E-state index is -0.754. The van der Waals surface area contributed by atoms with Crippen molar-refractivity contribution in [3.05, 3.63) is 77.2 Å². The number of hydrogen-bond donors (Lipinski definition) is 2. The highest BCUT2D eigenvalue weighted by molar-refractivity contribution is 5.98. The van der Waals surface area contributed by atoms with Crippen molar-refractivity contribution in [1.82, 2.24) is 25.1 Å². The van der Waals surface area contributed by atoms with Crippen LogP contribution < -0.4 is 15.4 Å². The Hall–Kier alpha value is -4.12. The van der Waals surface area contributed by atoms with Gasteiger partial charge in [-0.25, -0.2) is 18.7 Å². The lowest BCUT2D eigenvalue weighted by atomic mass is 10.0. The van der Waals surface area contributed by atoms with Crippen LogP contribution in [-0.4, -0.2) is 52.0 Å². The molecule has 0 aliphatic carbocycles. The Labute approximate surface area is 211 Å². The molecule has 1 amide bonds. The number of nitrogens with one attached hydrogen (secondary N) is 2. The van der Waals surface area contributed by atoms with E-state index in [-0.39, 0.29) is 22.7 Å². The summed E-state index contributed by atoms with van der Waals surface area (Å²) in [6.45, 7) is 1.31. The molecule has 0 spiro atoms. The fraction of sp³-hybridized carbons (Fsp3) is 0.308. The number of aryl methyl sites for hydroxylation is 1. The molecule has 0 radical (unpaired) electrons. The number of carbonyl (C=O) groups excluding carboxylic acids is 1. The van der Waals surface area contributed by atoms with Crippen molar-refractivity contribution in [1.29, 1.82) is 0 Å². The maximum absolute atomic E-state index is 15.0. The Kier molecular flexibility index (Phi) is 6.95. The van der Waals surface area contributed by atoms with E-state index < -0.39 is 23.6 Å². The first-order valence-electron chi connectivity index (χ1n) is 11.9. The molecule has 3 heterocycles. The molecule has 5 rings (SSSR count). The predicted octanol–water partition coefficient (Wildman–Crippen LogP) is 3.76. The topological polar surface area (TPSA) is 103 Å². The SMILES string of the molecule is COc1ccc([C@H](NC(=O)c2cc(F)c3cnc(NC4CCOCC4)nc3c2)c2ccnn2C)cc1F. The van der Waals surface area contributed by atoms with Crippen molar-refractivity contribution in [2.24, 2.45) is 7.05 Å². The zero-order valence-corrected chi connectivity index (χ0v) is 20.4. The fourth-order valence-corrected chi connectivity index (χ4v) is 4.39. The maximum atomic E-state index is 15.0. The predicted molar refractivity (Wildman–Crippen MR) is 132 cm³/mol. The number of anilines is 1. The van der Waals surface area contributed by atoms with Gasteiger partial charge in [0.05, 0.1) is 29.7 Å². The third kappa shape index (κ3) is 5.21. The Morgan fingerprint density at radius 1 is 1.16 bits per heavy atom. The number of aromatic nitrogens is 4. The van der Waals surface area contributed by atoms with E-state index >= 15 is 0 Å². The number of fused-ring (bicyclic) bond motifs is 1. The maximum Gasteiger partial charge on any atom is 0.252 e. The number of benzene rings is 2. The summed E-state index contributed by atoms with van der Waals surface area (Å²) in [7, 11) is 3.09.